The summed E-state index contributed by atoms with van der Waals surface area (Å²) in [5.74, 6) is -0.538. The van der Waals surface area contributed by atoms with Crippen LogP contribution in [0.3, 0.4) is 0 Å². The van der Waals surface area contributed by atoms with Crippen molar-refractivity contribution in [2.75, 3.05) is 18.0 Å². The molecule has 1 aromatic rings. The van der Waals surface area contributed by atoms with E-state index in [4.69, 9.17) is 4.52 Å². The molecule has 1 heterocycles. The van der Waals surface area contributed by atoms with Crippen LogP contribution < -0.4 is 4.90 Å². The average Bonchev–Trinajstić information content (AvgIpc) is 2.89. The smallest absolute Gasteiger partial charge is 0.307 e. The number of hydrogen-bond donors (Lipinski definition) is 1. The molecule has 2 atom stereocenters. The summed E-state index contributed by atoms with van der Waals surface area (Å²) in [4.78, 5) is 17.6. The first-order valence-electron chi connectivity index (χ1n) is 6.63. The van der Waals surface area contributed by atoms with Gasteiger partial charge in [-0.25, -0.2) is 0 Å². The Morgan fingerprint density at radius 2 is 2.11 bits per heavy atom. The quantitative estimate of drug-likeness (QED) is 0.821. The Hall–Kier alpha value is -1.85. The monoisotopic (exact) mass is 265 g/mol. The minimum atomic E-state index is -0.808. The number of aromatic nitrogens is 2. The molecule has 0 radical (unpaired) electrons. The van der Waals surface area contributed by atoms with Crippen LogP contribution in [0, 0.1) is 5.92 Å². The molecule has 1 aliphatic rings. The highest BCUT2D eigenvalue weighted by molar-refractivity contribution is 5.71. The van der Waals surface area contributed by atoms with E-state index in [0.717, 1.165) is 13.1 Å². The van der Waals surface area contributed by atoms with Gasteiger partial charge in [-0.3, -0.25) is 4.79 Å². The van der Waals surface area contributed by atoms with Gasteiger partial charge in [-0.15, -0.1) is 0 Å². The van der Waals surface area contributed by atoms with Gasteiger partial charge < -0.3 is 14.5 Å². The van der Waals surface area contributed by atoms with Gasteiger partial charge in [0.15, 0.2) is 0 Å². The summed E-state index contributed by atoms with van der Waals surface area (Å²) >= 11 is 0. The Bertz CT molecular complexity index is 465. The Balaban J connectivity index is 2.21. The molecule has 0 bridgehead atoms. The minimum absolute atomic E-state index is 0.223. The van der Waals surface area contributed by atoms with E-state index in [1.807, 2.05) is 30.9 Å². The molecule has 0 fully saturated rings. The van der Waals surface area contributed by atoms with Gasteiger partial charge in [-0.2, -0.15) is 4.98 Å². The highest BCUT2D eigenvalue weighted by Crippen LogP contribution is 2.34. The molecule has 104 valence electrons. The second-order valence-electron chi connectivity index (χ2n) is 4.60. The van der Waals surface area contributed by atoms with Gasteiger partial charge in [0.1, 0.15) is 0 Å². The SMILES string of the molecule is CCN(CC)c1noc([C@@H]2CC=CC[C@@H]2C(=O)O)n1. The van der Waals surface area contributed by atoms with Crippen molar-refractivity contribution in [1.82, 2.24) is 10.1 Å². The molecular weight excluding hydrogens is 246 g/mol. The van der Waals surface area contributed by atoms with Gasteiger partial charge in [0.05, 0.1) is 11.8 Å². The van der Waals surface area contributed by atoms with Crippen molar-refractivity contribution < 1.29 is 14.4 Å². The zero-order valence-corrected chi connectivity index (χ0v) is 11.2. The number of anilines is 1. The molecule has 0 aromatic carbocycles. The van der Waals surface area contributed by atoms with Crippen LogP contribution in [0.25, 0.3) is 0 Å². The number of carbonyl (C=O) groups is 1. The molecule has 0 spiro atoms. The van der Waals surface area contributed by atoms with Gasteiger partial charge in [0, 0.05) is 13.1 Å². The van der Waals surface area contributed by atoms with E-state index in [1.54, 1.807) is 0 Å². The third-order valence-corrected chi connectivity index (χ3v) is 3.54. The van der Waals surface area contributed by atoms with Crippen molar-refractivity contribution in [2.45, 2.75) is 32.6 Å². The summed E-state index contributed by atoms with van der Waals surface area (Å²) < 4.78 is 5.27. The topological polar surface area (TPSA) is 79.5 Å². The summed E-state index contributed by atoms with van der Waals surface area (Å²) in [5, 5.41) is 13.2. The second kappa shape index (κ2) is 5.86. The number of aliphatic carboxylic acids is 1. The first-order chi connectivity index (χ1) is 9.17. The summed E-state index contributed by atoms with van der Waals surface area (Å²) in [5.41, 5.74) is 0. The number of rotatable bonds is 5. The van der Waals surface area contributed by atoms with Gasteiger partial charge in [0.25, 0.3) is 5.95 Å². The largest absolute Gasteiger partial charge is 0.481 e. The van der Waals surface area contributed by atoms with E-state index in [0.29, 0.717) is 24.7 Å². The summed E-state index contributed by atoms with van der Waals surface area (Å²) in [6, 6.07) is 0. The van der Waals surface area contributed by atoms with Crippen molar-refractivity contribution in [3.63, 3.8) is 0 Å². The predicted molar refractivity (Wildman–Crippen MR) is 70.1 cm³/mol. The fourth-order valence-electron chi connectivity index (χ4n) is 2.37. The zero-order valence-electron chi connectivity index (χ0n) is 11.2. The predicted octanol–water partition coefficient (Wildman–Crippen LogP) is 2.05. The zero-order chi connectivity index (χ0) is 13.8. The molecule has 6 nitrogen and oxygen atoms in total. The first-order valence-corrected chi connectivity index (χ1v) is 6.63. The van der Waals surface area contributed by atoms with Crippen LogP contribution in [-0.4, -0.2) is 34.3 Å². The highest BCUT2D eigenvalue weighted by Gasteiger charge is 2.34. The molecule has 0 unspecified atom stereocenters. The summed E-state index contributed by atoms with van der Waals surface area (Å²) in [6.07, 6.45) is 5.03. The van der Waals surface area contributed by atoms with Crippen molar-refractivity contribution in [1.29, 1.82) is 0 Å². The van der Waals surface area contributed by atoms with Crippen molar-refractivity contribution in [3.05, 3.63) is 18.0 Å². The number of carboxylic acids is 1. The standard InChI is InChI=1S/C13H19N3O3/c1-3-16(4-2)13-14-11(19-15-13)9-7-5-6-8-10(9)12(17)18/h5-6,9-10H,3-4,7-8H2,1-2H3,(H,17,18)/t9-,10+/m1/s1. The Morgan fingerprint density at radius 3 is 2.74 bits per heavy atom. The van der Waals surface area contributed by atoms with Crippen LogP contribution in [-0.2, 0) is 4.79 Å². The molecule has 19 heavy (non-hydrogen) atoms. The fourth-order valence-corrected chi connectivity index (χ4v) is 2.37. The molecule has 2 rings (SSSR count). The Morgan fingerprint density at radius 1 is 1.42 bits per heavy atom. The van der Waals surface area contributed by atoms with E-state index in [-0.39, 0.29) is 5.92 Å². The van der Waals surface area contributed by atoms with Crippen LogP contribution in [0.2, 0.25) is 0 Å². The van der Waals surface area contributed by atoms with Gasteiger partial charge in [0.2, 0.25) is 5.89 Å². The molecule has 1 aliphatic carbocycles. The first kappa shape index (κ1) is 13.6. The van der Waals surface area contributed by atoms with E-state index in [1.165, 1.54) is 0 Å². The van der Waals surface area contributed by atoms with E-state index >= 15 is 0 Å². The maximum absolute atomic E-state index is 11.3. The maximum atomic E-state index is 11.3. The molecule has 6 heteroatoms. The van der Waals surface area contributed by atoms with Crippen LogP contribution in [0.15, 0.2) is 16.7 Å². The summed E-state index contributed by atoms with van der Waals surface area (Å²) in [6.45, 7) is 5.62. The number of allylic oxidation sites excluding steroid dienone is 2. The number of nitrogens with zero attached hydrogens (tertiary/aromatic N) is 3. The third-order valence-electron chi connectivity index (χ3n) is 3.54. The fraction of sp³-hybridized carbons (Fsp3) is 0.615. The lowest BCUT2D eigenvalue weighted by Crippen LogP contribution is -2.25. The maximum Gasteiger partial charge on any atom is 0.307 e. The third kappa shape index (κ3) is 2.77. The molecule has 0 saturated heterocycles. The molecule has 1 aromatic heterocycles. The lowest BCUT2D eigenvalue weighted by Gasteiger charge is -2.21. The van der Waals surface area contributed by atoms with Crippen molar-refractivity contribution in [3.8, 4) is 0 Å². The molecular formula is C13H19N3O3. The molecule has 0 aliphatic heterocycles. The highest BCUT2D eigenvalue weighted by atomic mass is 16.5. The van der Waals surface area contributed by atoms with Crippen LogP contribution >= 0.6 is 0 Å². The van der Waals surface area contributed by atoms with Crippen molar-refractivity contribution >= 4 is 11.9 Å². The molecule has 0 saturated carbocycles. The van der Waals surface area contributed by atoms with E-state index < -0.39 is 11.9 Å². The van der Waals surface area contributed by atoms with Gasteiger partial charge in [-0.1, -0.05) is 12.2 Å². The normalized spacial score (nSPS) is 22.4. The van der Waals surface area contributed by atoms with E-state index in [9.17, 15) is 9.90 Å². The Labute approximate surface area is 112 Å². The van der Waals surface area contributed by atoms with Gasteiger partial charge in [-0.05, 0) is 31.8 Å². The van der Waals surface area contributed by atoms with Crippen LogP contribution in [0.5, 0.6) is 0 Å². The minimum Gasteiger partial charge on any atom is -0.481 e. The number of carboxylic acid groups (broad SMARTS) is 1. The molecule has 1 N–H and O–H groups in total. The lowest BCUT2D eigenvalue weighted by molar-refractivity contribution is -0.142. The molecule has 0 amide bonds. The van der Waals surface area contributed by atoms with Crippen molar-refractivity contribution in [2.24, 2.45) is 5.92 Å². The van der Waals surface area contributed by atoms with Crippen LogP contribution in [0.1, 0.15) is 38.5 Å². The van der Waals surface area contributed by atoms with Crippen LogP contribution in [0.4, 0.5) is 5.95 Å². The summed E-state index contributed by atoms with van der Waals surface area (Å²) in [7, 11) is 0. The Kier molecular flexibility index (Phi) is 4.19. The van der Waals surface area contributed by atoms with Gasteiger partial charge >= 0.3 is 5.97 Å². The van der Waals surface area contributed by atoms with E-state index in [2.05, 4.69) is 10.1 Å². The average molecular weight is 265 g/mol. The lowest BCUT2D eigenvalue weighted by atomic mass is 9.83. The number of hydrogen-bond acceptors (Lipinski definition) is 5. The second-order valence-corrected chi connectivity index (χ2v) is 4.60.